The summed E-state index contributed by atoms with van der Waals surface area (Å²) in [4.78, 5) is 0. The molecule has 0 spiro atoms. The van der Waals surface area contributed by atoms with E-state index in [1.807, 2.05) is 0 Å². The Kier molecular flexibility index (Phi) is 3.27. The molecule has 0 saturated carbocycles. The molecule has 6 nitrogen and oxygen atoms in total. The maximum absolute atomic E-state index is 12.3. The average Bonchev–Trinajstić information content (AvgIpc) is 2.20. The summed E-state index contributed by atoms with van der Waals surface area (Å²) in [7, 11) is -8.65. The third-order valence-electron chi connectivity index (χ3n) is 1.64. The number of hydrogen-bond donors (Lipinski definition) is 0. The quantitative estimate of drug-likeness (QED) is 0.654. The molecule has 1 rings (SSSR count). The van der Waals surface area contributed by atoms with Crippen LogP contribution in [0, 0.1) is 5.92 Å². The fraction of sp³-hybridized carbons (Fsp3) is 1.00. The normalized spacial score (nSPS) is 30.5. The minimum atomic E-state index is -4.92. The first-order chi connectivity index (χ1) is 6.91. The van der Waals surface area contributed by atoms with Gasteiger partial charge in [-0.15, -0.1) is 0 Å². The molecule has 1 aliphatic rings. The van der Waals surface area contributed by atoms with Gasteiger partial charge in [-0.05, 0) is 0 Å². The first-order valence-corrected chi connectivity index (χ1v) is 7.16. The van der Waals surface area contributed by atoms with E-state index in [0.29, 0.717) is 6.26 Å². The van der Waals surface area contributed by atoms with Gasteiger partial charge in [0.15, 0.2) is 0 Å². The van der Waals surface area contributed by atoms with Crippen molar-refractivity contribution in [1.29, 1.82) is 0 Å². The molecule has 0 aliphatic carbocycles. The molecule has 1 aliphatic heterocycles. The highest BCUT2D eigenvalue weighted by Gasteiger charge is 2.55. The molecular formula is C5H7F3O6S2. The summed E-state index contributed by atoms with van der Waals surface area (Å²) in [6, 6.07) is 0. The van der Waals surface area contributed by atoms with E-state index in [4.69, 9.17) is 0 Å². The van der Waals surface area contributed by atoms with Crippen molar-refractivity contribution in [3.8, 4) is 0 Å². The standard InChI is InChI=1S/C5H7F3O6S2/c1-15(9,10)13-4-3(5(6,7)8)2-16(11,12)14-4/h3-4H,2H2,1H3. The summed E-state index contributed by atoms with van der Waals surface area (Å²) in [5, 5.41) is 0. The lowest BCUT2D eigenvalue weighted by Gasteiger charge is -2.17. The maximum Gasteiger partial charge on any atom is 0.397 e. The van der Waals surface area contributed by atoms with Crippen LogP contribution in [-0.4, -0.2) is 41.3 Å². The lowest BCUT2D eigenvalue weighted by molar-refractivity contribution is -0.207. The number of halogens is 3. The van der Waals surface area contributed by atoms with Crippen LogP contribution in [0.3, 0.4) is 0 Å². The topological polar surface area (TPSA) is 86.7 Å². The zero-order chi connectivity index (χ0) is 12.8. The molecule has 0 aromatic rings. The van der Waals surface area contributed by atoms with Crippen molar-refractivity contribution in [2.24, 2.45) is 5.92 Å². The van der Waals surface area contributed by atoms with Crippen LogP contribution < -0.4 is 0 Å². The van der Waals surface area contributed by atoms with Crippen LogP contribution >= 0.6 is 0 Å². The Morgan fingerprint density at radius 1 is 1.38 bits per heavy atom. The van der Waals surface area contributed by atoms with Gasteiger partial charge >= 0.3 is 6.18 Å². The third kappa shape index (κ3) is 3.57. The molecule has 0 aromatic carbocycles. The number of hydrogen-bond acceptors (Lipinski definition) is 6. The lowest BCUT2D eigenvalue weighted by atomic mass is 10.2. The Hall–Kier alpha value is -0.390. The molecule has 0 aromatic heterocycles. The van der Waals surface area contributed by atoms with Crippen molar-refractivity contribution in [2.45, 2.75) is 12.5 Å². The highest BCUT2D eigenvalue weighted by molar-refractivity contribution is 7.87. The smallest absolute Gasteiger partial charge is 0.236 e. The van der Waals surface area contributed by atoms with Crippen LogP contribution in [0.25, 0.3) is 0 Å². The van der Waals surface area contributed by atoms with Crippen molar-refractivity contribution < 1.29 is 38.4 Å². The van der Waals surface area contributed by atoms with Crippen LogP contribution in [0.4, 0.5) is 13.2 Å². The Balaban J connectivity index is 2.99. The van der Waals surface area contributed by atoms with Gasteiger partial charge in [0.1, 0.15) is 5.92 Å². The molecule has 2 atom stereocenters. The Labute approximate surface area is 89.6 Å². The van der Waals surface area contributed by atoms with Gasteiger partial charge < -0.3 is 0 Å². The SMILES string of the molecule is CS(=O)(=O)OC1OS(=O)(=O)CC1C(F)(F)F. The highest BCUT2D eigenvalue weighted by Crippen LogP contribution is 2.37. The summed E-state index contributed by atoms with van der Waals surface area (Å²) in [6.07, 6.45) is -6.80. The van der Waals surface area contributed by atoms with Gasteiger partial charge in [-0.1, -0.05) is 0 Å². The minimum absolute atomic E-state index is 0.495. The summed E-state index contributed by atoms with van der Waals surface area (Å²) < 4.78 is 87.6. The van der Waals surface area contributed by atoms with Gasteiger partial charge in [-0.25, -0.2) is 8.37 Å². The third-order valence-corrected chi connectivity index (χ3v) is 3.43. The second-order valence-electron chi connectivity index (χ2n) is 3.14. The summed E-state index contributed by atoms with van der Waals surface area (Å²) in [6.45, 7) is 0. The predicted octanol–water partition coefficient (Wildman–Crippen LogP) is -0.173. The molecule has 1 heterocycles. The average molecular weight is 284 g/mol. The zero-order valence-corrected chi connectivity index (χ0v) is 9.39. The summed E-state index contributed by atoms with van der Waals surface area (Å²) in [5.41, 5.74) is 0. The van der Waals surface area contributed by atoms with Crippen LogP contribution in [0.1, 0.15) is 0 Å². The van der Waals surface area contributed by atoms with Crippen LogP contribution in [0.15, 0.2) is 0 Å². The van der Waals surface area contributed by atoms with Gasteiger partial charge in [-0.2, -0.15) is 30.0 Å². The Morgan fingerprint density at radius 2 is 1.88 bits per heavy atom. The lowest BCUT2D eigenvalue weighted by Crippen LogP contribution is -2.35. The first kappa shape index (κ1) is 13.7. The molecule has 1 fully saturated rings. The highest BCUT2D eigenvalue weighted by atomic mass is 32.2. The van der Waals surface area contributed by atoms with Crippen LogP contribution in [-0.2, 0) is 28.6 Å². The van der Waals surface area contributed by atoms with Crippen molar-refractivity contribution in [3.05, 3.63) is 0 Å². The van der Waals surface area contributed by atoms with E-state index in [-0.39, 0.29) is 0 Å². The Morgan fingerprint density at radius 3 is 2.25 bits per heavy atom. The van der Waals surface area contributed by atoms with E-state index in [0.717, 1.165) is 0 Å². The fourth-order valence-corrected chi connectivity index (χ4v) is 2.95. The molecular weight excluding hydrogens is 277 g/mol. The number of rotatable bonds is 2. The van der Waals surface area contributed by atoms with Gasteiger partial charge in [-0.3, -0.25) is 0 Å². The molecule has 11 heteroatoms. The van der Waals surface area contributed by atoms with E-state index >= 15 is 0 Å². The van der Waals surface area contributed by atoms with Crippen molar-refractivity contribution in [3.63, 3.8) is 0 Å². The molecule has 1 saturated heterocycles. The molecule has 2 unspecified atom stereocenters. The van der Waals surface area contributed by atoms with E-state index in [9.17, 15) is 30.0 Å². The van der Waals surface area contributed by atoms with Gasteiger partial charge in [0.25, 0.3) is 20.2 Å². The molecule has 0 radical (unpaired) electrons. The molecule has 0 N–H and O–H groups in total. The summed E-state index contributed by atoms with van der Waals surface area (Å²) >= 11 is 0. The van der Waals surface area contributed by atoms with E-state index in [1.165, 1.54) is 0 Å². The number of alkyl halides is 3. The Bertz CT molecular complexity index is 463. The second kappa shape index (κ2) is 3.82. The first-order valence-electron chi connectivity index (χ1n) is 3.77. The van der Waals surface area contributed by atoms with Crippen molar-refractivity contribution in [2.75, 3.05) is 12.0 Å². The van der Waals surface area contributed by atoms with Crippen molar-refractivity contribution >= 4 is 20.2 Å². The van der Waals surface area contributed by atoms with Crippen molar-refractivity contribution in [1.82, 2.24) is 0 Å². The zero-order valence-electron chi connectivity index (χ0n) is 7.76. The summed E-state index contributed by atoms with van der Waals surface area (Å²) in [5.74, 6) is -3.86. The largest absolute Gasteiger partial charge is 0.397 e. The van der Waals surface area contributed by atoms with Crippen LogP contribution in [0.2, 0.25) is 0 Å². The fourth-order valence-electron chi connectivity index (χ4n) is 1.05. The van der Waals surface area contributed by atoms with E-state index in [2.05, 4.69) is 8.37 Å². The van der Waals surface area contributed by atoms with E-state index < -0.39 is 44.4 Å². The predicted molar refractivity (Wildman–Crippen MR) is 44.1 cm³/mol. The molecule has 96 valence electrons. The molecule has 0 bridgehead atoms. The molecule has 0 amide bonds. The second-order valence-corrected chi connectivity index (χ2v) is 6.38. The van der Waals surface area contributed by atoms with Gasteiger partial charge in [0.05, 0.1) is 12.0 Å². The maximum atomic E-state index is 12.3. The van der Waals surface area contributed by atoms with Gasteiger partial charge in [0, 0.05) is 0 Å². The van der Waals surface area contributed by atoms with Crippen LogP contribution in [0.5, 0.6) is 0 Å². The minimum Gasteiger partial charge on any atom is -0.236 e. The monoisotopic (exact) mass is 284 g/mol. The van der Waals surface area contributed by atoms with Gasteiger partial charge in [0.2, 0.25) is 6.29 Å². The van der Waals surface area contributed by atoms with E-state index in [1.54, 1.807) is 0 Å². The molecule has 16 heavy (non-hydrogen) atoms.